The Morgan fingerprint density at radius 3 is 2.19 bits per heavy atom. The summed E-state index contributed by atoms with van der Waals surface area (Å²) in [6, 6.07) is 12.1. The van der Waals surface area contributed by atoms with E-state index in [0.717, 1.165) is 5.56 Å². The SMILES string of the molecule is CNC(c1cc(F)c(C)cc1F)C(C)(C)c1ccccc1. The van der Waals surface area contributed by atoms with Gasteiger partial charge in [0, 0.05) is 17.0 Å². The molecule has 0 aliphatic rings. The third-order valence-electron chi connectivity index (χ3n) is 4.12. The largest absolute Gasteiger partial charge is 0.312 e. The van der Waals surface area contributed by atoms with Crippen molar-refractivity contribution in [2.24, 2.45) is 0 Å². The minimum Gasteiger partial charge on any atom is -0.312 e. The number of halogens is 2. The van der Waals surface area contributed by atoms with E-state index >= 15 is 0 Å². The van der Waals surface area contributed by atoms with Crippen LogP contribution in [0.5, 0.6) is 0 Å². The van der Waals surface area contributed by atoms with E-state index in [1.807, 2.05) is 44.2 Å². The molecule has 0 aliphatic carbocycles. The van der Waals surface area contributed by atoms with Gasteiger partial charge in [0.15, 0.2) is 0 Å². The van der Waals surface area contributed by atoms with Crippen molar-refractivity contribution in [3.63, 3.8) is 0 Å². The standard InChI is InChI=1S/C18H21F2N/c1-12-10-16(20)14(11-15(12)19)17(21-4)18(2,3)13-8-6-5-7-9-13/h5-11,17,21H,1-4H3. The van der Waals surface area contributed by atoms with Crippen LogP contribution in [0.1, 0.15) is 36.6 Å². The van der Waals surface area contributed by atoms with Gasteiger partial charge in [0.1, 0.15) is 11.6 Å². The van der Waals surface area contributed by atoms with Crippen LogP contribution in [0.25, 0.3) is 0 Å². The molecular weight excluding hydrogens is 268 g/mol. The topological polar surface area (TPSA) is 12.0 Å². The fraction of sp³-hybridized carbons (Fsp3) is 0.333. The Balaban J connectivity index is 2.51. The van der Waals surface area contributed by atoms with Gasteiger partial charge in [0.25, 0.3) is 0 Å². The lowest BCUT2D eigenvalue weighted by molar-refractivity contribution is 0.356. The maximum atomic E-state index is 14.3. The second-order valence-corrected chi connectivity index (χ2v) is 5.93. The quantitative estimate of drug-likeness (QED) is 0.873. The maximum absolute atomic E-state index is 14.3. The lowest BCUT2D eigenvalue weighted by Crippen LogP contribution is -2.36. The number of likely N-dealkylation sites (N-methyl/N-ethyl adjacent to an activating group) is 1. The Morgan fingerprint density at radius 1 is 1.00 bits per heavy atom. The summed E-state index contributed by atoms with van der Waals surface area (Å²) < 4.78 is 28.2. The average molecular weight is 289 g/mol. The monoisotopic (exact) mass is 289 g/mol. The first-order chi connectivity index (χ1) is 9.87. The van der Waals surface area contributed by atoms with E-state index in [1.165, 1.54) is 12.1 Å². The van der Waals surface area contributed by atoms with Gasteiger partial charge in [-0.25, -0.2) is 8.78 Å². The Morgan fingerprint density at radius 2 is 1.62 bits per heavy atom. The zero-order valence-electron chi connectivity index (χ0n) is 12.9. The molecule has 1 N–H and O–H groups in total. The molecule has 2 rings (SSSR count). The second-order valence-electron chi connectivity index (χ2n) is 5.93. The van der Waals surface area contributed by atoms with Gasteiger partial charge >= 0.3 is 0 Å². The van der Waals surface area contributed by atoms with Crippen LogP contribution >= 0.6 is 0 Å². The van der Waals surface area contributed by atoms with Gasteiger partial charge in [0.2, 0.25) is 0 Å². The predicted molar refractivity (Wildman–Crippen MR) is 82.4 cm³/mol. The zero-order valence-corrected chi connectivity index (χ0v) is 12.9. The highest BCUT2D eigenvalue weighted by atomic mass is 19.1. The minimum absolute atomic E-state index is 0.323. The first-order valence-electron chi connectivity index (χ1n) is 7.06. The van der Waals surface area contributed by atoms with Crippen LogP contribution in [-0.4, -0.2) is 7.05 Å². The Kier molecular flexibility index (Phi) is 4.43. The minimum atomic E-state index is -0.379. The van der Waals surface area contributed by atoms with Crippen molar-refractivity contribution in [3.8, 4) is 0 Å². The van der Waals surface area contributed by atoms with E-state index in [-0.39, 0.29) is 23.1 Å². The summed E-state index contributed by atoms with van der Waals surface area (Å²) in [5.74, 6) is -0.757. The fourth-order valence-corrected chi connectivity index (χ4v) is 2.82. The summed E-state index contributed by atoms with van der Waals surface area (Å²) in [6.07, 6.45) is 0. The van der Waals surface area contributed by atoms with Gasteiger partial charge < -0.3 is 5.32 Å². The van der Waals surface area contributed by atoms with Crippen molar-refractivity contribution in [1.29, 1.82) is 0 Å². The van der Waals surface area contributed by atoms with Crippen LogP contribution in [0.2, 0.25) is 0 Å². The van der Waals surface area contributed by atoms with E-state index in [4.69, 9.17) is 0 Å². The van der Waals surface area contributed by atoms with Crippen LogP contribution in [0.4, 0.5) is 8.78 Å². The van der Waals surface area contributed by atoms with E-state index < -0.39 is 0 Å². The number of rotatable bonds is 4. The summed E-state index contributed by atoms with van der Waals surface area (Å²) in [4.78, 5) is 0. The van der Waals surface area contributed by atoms with Crippen molar-refractivity contribution in [3.05, 3.63) is 70.8 Å². The van der Waals surface area contributed by atoms with E-state index in [1.54, 1.807) is 14.0 Å². The number of nitrogens with one attached hydrogen (secondary N) is 1. The Hall–Kier alpha value is -1.74. The summed E-state index contributed by atoms with van der Waals surface area (Å²) in [5.41, 5.74) is 1.38. The Bertz CT molecular complexity index is 621. The molecule has 0 heterocycles. The van der Waals surface area contributed by atoms with Crippen molar-refractivity contribution in [1.82, 2.24) is 5.32 Å². The normalized spacial score (nSPS) is 13.2. The third-order valence-corrected chi connectivity index (χ3v) is 4.12. The third kappa shape index (κ3) is 2.98. The van der Waals surface area contributed by atoms with E-state index in [9.17, 15) is 8.78 Å². The van der Waals surface area contributed by atoms with Gasteiger partial charge in [-0.3, -0.25) is 0 Å². The molecule has 3 heteroatoms. The molecule has 2 aromatic carbocycles. The van der Waals surface area contributed by atoms with Gasteiger partial charge in [-0.1, -0.05) is 44.2 Å². The lowest BCUT2D eigenvalue weighted by atomic mass is 9.74. The fourth-order valence-electron chi connectivity index (χ4n) is 2.82. The number of benzene rings is 2. The van der Waals surface area contributed by atoms with Crippen LogP contribution in [-0.2, 0) is 5.41 Å². The van der Waals surface area contributed by atoms with Crippen molar-refractivity contribution in [2.45, 2.75) is 32.2 Å². The molecule has 0 aromatic heterocycles. The highest BCUT2D eigenvalue weighted by Gasteiger charge is 2.33. The maximum Gasteiger partial charge on any atom is 0.128 e. The molecule has 0 bridgehead atoms. The number of hydrogen-bond acceptors (Lipinski definition) is 1. The summed E-state index contributed by atoms with van der Waals surface area (Å²) in [7, 11) is 1.77. The highest BCUT2D eigenvalue weighted by molar-refractivity contribution is 5.34. The molecule has 0 aliphatic heterocycles. The smallest absolute Gasteiger partial charge is 0.128 e. The number of aryl methyl sites for hydroxylation is 1. The highest BCUT2D eigenvalue weighted by Crippen LogP contribution is 2.38. The summed E-state index contributed by atoms with van der Waals surface area (Å²) >= 11 is 0. The van der Waals surface area contributed by atoms with Crippen molar-refractivity contribution in [2.75, 3.05) is 7.05 Å². The summed E-state index contributed by atoms with van der Waals surface area (Å²) in [6.45, 7) is 5.63. The van der Waals surface area contributed by atoms with Gasteiger partial charge in [-0.15, -0.1) is 0 Å². The molecule has 0 amide bonds. The zero-order chi connectivity index (χ0) is 15.6. The van der Waals surface area contributed by atoms with Crippen molar-refractivity contribution < 1.29 is 8.78 Å². The molecule has 1 unspecified atom stereocenters. The Labute approximate surface area is 125 Å². The lowest BCUT2D eigenvalue weighted by Gasteiger charge is -2.35. The first kappa shape index (κ1) is 15.6. The van der Waals surface area contributed by atoms with Gasteiger partial charge in [-0.2, -0.15) is 0 Å². The van der Waals surface area contributed by atoms with Crippen LogP contribution < -0.4 is 5.32 Å². The average Bonchev–Trinajstić information content (AvgIpc) is 2.46. The first-order valence-corrected chi connectivity index (χ1v) is 7.06. The second kappa shape index (κ2) is 5.94. The van der Waals surface area contributed by atoms with E-state index in [0.29, 0.717) is 11.1 Å². The van der Waals surface area contributed by atoms with Gasteiger partial charge in [-0.05, 0) is 37.2 Å². The molecule has 0 spiro atoms. The number of hydrogen-bond donors (Lipinski definition) is 1. The molecule has 0 radical (unpaired) electrons. The molecule has 0 saturated heterocycles. The molecule has 0 saturated carbocycles. The van der Waals surface area contributed by atoms with Crippen LogP contribution in [0, 0.1) is 18.6 Å². The van der Waals surface area contributed by atoms with Crippen LogP contribution in [0.15, 0.2) is 42.5 Å². The van der Waals surface area contributed by atoms with Gasteiger partial charge in [0.05, 0.1) is 0 Å². The molecule has 1 nitrogen and oxygen atoms in total. The molecule has 1 atom stereocenters. The molecule has 2 aromatic rings. The molecule has 21 heavy (non-hydrogen) atoms. The van der Waals surface area contributed by atoms with Crippen molar-refractivity contribution >= 4 is 0 Å². The van der Waals surface area contributed by atoms with Crippen LogP contribution in [0.3, 0.4) is 0 Å². The molecule has 112 valence electrons. The molecular formula is C18H21F2N. The van der Waals surface area contributed by atoms with E-state index in [2.05, 4.69) is 5.32 Å². The summed E-state index contributed by atoms with van der Waals surface area (Å²) in [5, 5.41) is 3.14. The predicted octanol–water partition coefficient (Wildman–Crippen LogP) is 4.51. The molecule has 0 fully saturated rings.